The molecule has 6 rings (SSSR count). The van der Waals surface area contributed by atoms with Crippen LogP contribution >= 0.6 is 11.8 Å². The Morgan fingerprint density at radius 3 is 2.58 bits per heavy atom. The molecule has 0 heterocycles. The van der Waals surface area contributed by atoms with E-state index in [4.69, 9.17) is 8.92 Å². The van der Waals surface area contributed by atoms with E-state index < -0.39 is 15.7 Å². The standard InChI is InChI=1S/C29H36O5S2/c1-27-14-13-23-22-11-10-20(33-2)17-19(22)9-12-24(23)28(27)15-16-29(27,30)25(18-34-36(3,31)32)26(28)35-21-7-5-4-6-8-21/h4-8,10-11,17,23-26,30H,9,12-16,18H2,1-3H3/t23-,24-,25+,26+,27+,28-,29+/m1/s1. The molecule has 7 heteroatoms. The van der Waals surface area contributed by atoms with Crippen LogP contribution in [0.3, 0.4) is 0 Å². The minimum absolute atomic E-state index is 0.0440. The van der Waals surface area contributed by atoms with E-state index in [2.05, 4.69) is 49.4 Å². The van der Waals surface area contributed by atoms with Crippen molar-refractivity contribution in [3.63, 3.8) is 0 Å². The van der Waals surface area contributed by atoms with Crippen molar-refractivity contribution in [1.29, 1.82) is 0 Å². The van der Waals surface area contributed by atoms with E-state index in [0.717, 1.165) is 44.1 Å². The minimum Gasteiger partial charge on any atom is -0.497 e. The number of fused-ring (bicyclic) bond motifs is 3. The fourth-order valence-electron chi connectivity index (χ4n) is 8.96. The van der Waals surface area contributed by atoms with Gasteiger partial charge in [-0.3, -0.25) is 4.18 Å². The Morgan fingerprint density at radius 2 is 1.86 bits per heavy atom. The summed E-state index contributed by atoms with van der Waals surface area (Å²) in [5.41, 5.74) is 1.54. The van der Waals surface area contributed by atoms with Crippen molar-refractivity contribution in [2.45, 2.75) is 67.1 Å². The van der Waals surface area contributed by atoms with Gasteiger partial charge in [0.05, 0.1) is 25.6 Å². The van der Waals surface area contributed by atoms with Crippen LogP contribution < -0.4 is 4.74 Å². The molecule has 0 aliphatic heterocycles. The van der Waals surface area contributed by atoms with Crippen molar-refractivity contribution in [1.82, 2.24) is 0 Å². The summed E-state index contributed by atoms with van der Waals surface area (Å²) in [5, 5.41) is 12.5. The zero-order valence-corrected chi connectivity index (χ0v) is 22.9. The summed E-state index contributed by atoms with van der Waals surface area (Å²) in [6, 6.07) is 16.9. The molecule has 3 saturated carbocycles. The van der Waals surface area contributed by atoms with Gasteiger partial charge in [-0.1, -0.05) is 31.2 Å². The van der Waals surface area contributed by atoms with Gasteiger partial charge in [-0.2, -0.15) is 8.42 Å². The fraction of sp³-hybridized carbons (Fsp3) is 0.586. The summed E-state index contributed by atoms with van der Waals surface area (Å²) in [6.45, 7) is 2.35. The first kappa shape index (κ1) is 24.8. The number of methoxy groups -OCH3 is 1. The molecule has 5 nitrogen and oxygen atoms in total. The second kappa shape index (κ2) is 8.48. The number of hydrogen-bond acceptors (Lipinski definition) is 6. The first-order chi connectivity index (χ1) is 17.1. The molecule has 7 atom stereocenters. The van der Waals surface area contributed by atoms with E-state index in [9.17, 15) is 13.5 Å². The van der Waals surface area contributed by atoms with E-state index in [-0.39, 0.29) is 28.6 Å². The van der Waals surface area contributed by atoms with Crippen LogP contribution in [0.2, 0.25) is 0 Å². The predicted molar refractivity (Wildman–Crippen MR) is 142 cm³/mol. The zero-order valence-electron chi connectivity index (χ0n) is 21.3. The van der Waals surface area contributed by atoms with Gasteiger partial charge in [0.15, 0.2) is 0 Å². The van der Waals surface area contributed by atoms with Crippen LogP contribution in [-0.2, 0) is 20.7 Å². The molecule has 3 fully saturated rings. The zero-order chi connectivity index (χ0) is 25.3. The lowest BCUT2D eigenvalue weighted by Crippen LogP contribution is -2.54. The summed E-state index contributed by atoms with van der Waals surface area (Å²) >= 11 is 1.83. The lowest BCUT2D eigenvalue weighted by atomic mass is 9.48. The Hall–Kier alpha value is -1.54. The smallest absolute Gasteiger partial charge is 0.264 e. The van der Waals surface area contributed by atoms with Crippen molar-refractivity contribution in [2.75, 3.05) is 20.0 Å². The highest BCUT2D eigenvalue weighted by Gasteiger charge is 2.80. The number of aliphatic hydroxyl groups is 1. The van der Waals surface area contributed by atoms with Gasteiger partial charge in [0.1, 0.15) is 5.75 Å². The maximum atomic E-state index is 12.4. The third-order valence-electron chi connectivity index (χ3n) is 10.4. The summed E-state index contributed by atoms with van der Waals surface area (Å²) in [7, 11) is -1.89. The molecule has 4 aliphatic rings. The van der Waals surface area contributed by atoms with Gasteiger partial charge >= 0.3 is 0 Å². The lowest BCUT2D eigenvalue weighted by Gasteiger charge is -2.58. The van der Waals surface area contributed by atoms with Crippen LogP contribution in [0.15, 0.2) is 53.4 Å². The van der Waals surface area contributed by atoms with Crippen molar-refractivity contribution >= 4 is 21.9 Å². The molecule has 0 amide bonds. The van der Waals surface area contributed by atoms with Gasteiger partial charge in [-0.05, 0) is 91.2 Å². The number of ether oxygens (including phenoxy) is 1. The first-order valence-electron chi connectivity index (χ1n) is 13.1. The van der Waals surface area contributed by atoms with Crippen molar-refractivity contribution in [2.24, 2.45) is 22.7 Å². The number of benzene rings is 2. The summed E-state index contributed by atoms with van der Waals surface area (Å²) in [5.74, 6) is 1.56. The molecule has 0 unspecified atom stereocenters. The highest BCUT2D eigenvalue weighted by atomic mass is 32.2. The largest absolute Gasteiger partial charge is 0.497 e. The van der Waals surface area contributed by atoms with Crippen LogP contribution in [0.25, 0.3) is 0 Å². The van der Waals surface area contributed by atoms with E-state index in [1.165, 1.54) is 16.0 Å². The second-order valence-corrected chi connectivity index (χ2v) is 14.5. The van der Waals surface area contributed by atoms with E-state index in [1.54, 1.807) is 7.11 Å². The van der Waals surface area contributed by atoms with Crippen LogP contribution in [-0.4, -0.2) is 44.3 Å². The average Bonchev–Trinajstić information content (AvgIpc) is 3.19. The molecule has 2 aromatic rings. The van der Waals surface area contributed by atoms with E-state index in [1.807, 2.05) is 17.8 Å². The van der Waals surface area contributed by atoms with Crippen molar-refractivity contribution in [3.05, 3.63) is 59.7 Å². The van der Waals surface area contributed by atoms with Gasteiger partial charge in [-0.25, -0.2) is 0 Å². The van der Waals surface area contributed by atoms with Gasteiger partial charge in [-0.15, -0.1) is 11.8 Å². The van der Waals surface area contributed by atoms with Gasteiger partial charge in [0.2, 0.25) is 0 Å². The molecule has 0 radical (unpaired) electrons. The Labute approximate surface area is 219 Å². The van der Waals surface area contributed by atoms with Crippen molar-refractivity contribution < 1.29 is 22.4 Å². The maximum absolute atomic E-state index is 12.4. The van der Waals surface area contributed by atoms with E-state index >= 15 is 0 Å². The highest BCUT2D eigenvalue weighted by Crippen LogP contribution is 2.81. The highest BCUT2D eigenvalue weighted by molar-refractivity contribution is 8.00. The normalized spacial score (nSPS) is 38.8. The molecule has 2 aromatic carbocycles. The Kier molecular flexibility index (Phi) is 5.84. The molecular formula is C29H36O5S2. The Bertz CT molecular complexity index is 1260. The molecule has 1 N–H and O–H groups in total. The summed E-state index contributed by atoms with van der Waals surface area (Å²) in [6.07, 6.45) is 6.89. The number of rotatable bonds is 6. The minimum atomic E-state index is -3.61. The van der Waals surface area contributed by atoms with Crippen LogP contribution in [0.4, 0.5) is 0 Å². The molecule has 0 spiro atoms. The fourth-order valence-corrected chi connectivity index (χ4v) is 11.2. The second-order valence-electron chi connectivity index (χ2n) is 11.6. The molecular weight excluding hydrogens is 492 g/mol. The van der Waals surface area contributed by atoms with Gasteiger partial charge < -0.3 is 9.84 Å². The SMILES string of the molecule is COc1ccc2c(c1)CC[C@@H]1[C@@H]2CC[C@@]2(C)[C@]13CC[C@]2(O)[C@@H](COS(C)(=O)=O)[C@@H]3Sc1ccccc1. The number of thioether (sulfide) groups is 1. The monoisotopic (exact) mass is 528 g/mol. The van der Waals surface area contributed by atoms with Gasteiger partial charge in [0.25, 0.3) is 10.1 Å². The third-order valence-corrected chi connectivity index (χ3v) is 12.5. The molecule has 0 saturated heterocycles. The topological polar surface area (TPSA) is 72.8 Å². The molecule has 2 bridgehead atoms. The quantitative estimate of drug-likeness (QED) is 0.505. The number of aryl methyl sites for hydroxylation is 1. The molecule has 194 valence electrons. The Balaban J connectivity index is 1.46. The van der Waals surface area contributed by atoms with Crippen molar-refractivity contribution in [3.8, 4) is 5.75 Å². The number of hydrogen-bond donors (Lipinski definition) is 1. The molecule has 36 heavy (non-hydrogen) atoms. The third kappa shape index (κ3) is 3.38. The van der Waals surface area contributed by atoms with Crippen LogP contribution in [0.1, 0.15) is 56.1 Å². The van der Waals surface area contributed by atoms with Gasteiger partial charge in [0, 0.05) is 21.5 Å². The average molecular weight is 529 g/mol. The maximum Gasteiger partial charge on any atom is 0.264 e. The molecule has 4 aliphatic carbocycles. The summed E-state index contributed by atoms with van der Waals surface area (Å²) < 4.78 is 35.1. The first-order valence-corrected chi connectivity index (χ1v) is 15.8. The Morgan fingerprint density at radius 1 is 1.08 bits per heavy atom. The van der Waals surface area contributed by atoms with Crippen LogP contribution in [0.5, 0.6) is 5.75 Å². The summed E-state index contributed by atoms with van der Waals surface area (Å²) in [4.78, 5) is 1.17. The van der Waals surface area contributed by atoms with E-state index in [0.29, 0.717) is 18.3 Å². The predicted octanol–water partition coefficient (Wildman–Crippen LogP) is 5.42. The molecule has 0 aromatic heterocycles. The lowest BCUT2D eigenvalue weighted by molar-refractivity contribution is -0.116. The van der Waals surface area contributed by atoms with Crippen LogP contribution in [0, 0.1) is 22.7 Å².